The number of piperidine rings is 1. The highest BCUT2D eigenvalue weighted by Gasteiger charge is 2.58. The Morgan fingerprint density at radius 1 is 1.39 bits per heavy atom. The quantitative estimate of drug-likeness (QED) is 0.843. The Kier molecular flexibility index (Phi) is 3.58. The van der Waals surface area contributed by atoms with Crippen molar-refractivity contribution < 1.29 is 18.0 Å². The van der Waals surface area contributed by atoms with Crippen LogP contribution < -0.4 is 5.32 Å². The largest absolute Gasteiger partial charge is 0.406 e. The van der Waals surface area contributed by atoms with Crippen molar-refractivity contribution in [3.63, 3.8) is 0 Å². The molecule has 1 aliphatic heterocycles. The molecule has 3 nitrogen and oxygen atoms in total. The maximum absolute atomic E-state index is 12.4. The molecule has 1 saturated carbocycles. The summed E-state index contributed by atoms with van der Waals surface area (Å²) in [6.45, 7) is 2.35. The second-order valence-electron chi connectivity index (χ2n) is 5.34. The molecule has 1 saturated heterocycles. The molecule has 0 aromatic rings. The Balaban J connectivity index is 1.95. The number of nitrogens with one attached hydrogen (secondary N) is 1. The van der Waals surface area contributed by atoms with Gasteiger partial charge in [0.1, 0.15) is 6.54 Å². The summed E-state index contributed by atoms with van der Waals surface area (Å²) in [5, 5.41) is 3.22. The molecule has 0 aromatic carbocycles. The summed E-state index contributed by atoms with van der Waals surface area (Å²) in [7, 11) is 0. The van der Waals surface area contributed by atoms with Gasteiger partial charge in [0.15, 0.2) is 0 Å². The van der Waals surface area contributed by atoms with Crippen molar-refractivity contribution in [3.8, 4) is 0 Å². The maximum Gasteiger partial charge on any atom is 0.406 e. The number of hydrogen-bond donors (Lipinski definition) is 1. The van der Waals surface area contributed by atoms with E-state index >= 15 is 0 Å². The summed E-state index contributed by atoms with van der Waals surface area (Å²) < 4.78 is 37.1. The van der Waals surface area contributed by atoms with Crippen LogP contribution >= 0.6 is 0 Å². The Bertz CT molecular complexity index is 324. The van der Waals surface area contributed by atoms with Crippen LogP contribution in [0.25, 0.3) is 0 Å². The second-order valence-corrected chi connectivity index (χ2v) is 5.34. The molecule has 1 aliphatic carbocycles. The molecule has 1 spiro atoms. The highest BCUT2D eigenvalue weighted by Crippen LogP contribution is 2.59. The predicted molar refractivity (Wildman–Crippen MR) is 61.0 cm³/mol. The maximum atomic E-state index is 12.4. The minimum absolute atomic E-state index is 0.00134. The SMILES string of the molecule is CCN(CC(F)(F)F)C(=O)[C@H]1CC12CCNCC2. The van der Waals surface area contributed by atoms with Gasteiger partial charge < -0.3 is 10.2 Å². The first-order valence-electron chi connectivity index (χ1n) is 6.44. The van der Waals surface area contributed by atoms with Crippen LogP contribution in [0, 0.1) is 11.3 Å². The first-order chi connectivity index (χ1) is 8.38. The third-order valence-electron chi connectivity index (χ3n) is 4.15. The first-order valence-corrected chi connectivity index (χ1v) is 6.44. The normalized spacial score (nSPS) is 26.1. The highest BCUT2D eigenvalue weighted by atomic mass is 19.4. The van der Waals surface area contributed by atoms with Crippen molar-refractivity contribution >= 4 is 5.91 Å². The minimum atomic E-state index is -4.30. The highest BCUT2D eigenvalue weighted by molar-refractivity contribution is 5.82. The smallest absolute Gasteiger partial charge is 0.334 e. The standard InChI is InChI=1S/C12H19F3N2O/c1-2-17(8-12(13,14)15)10(18)9-7-11(9)3-5-16-6-4-11/h9,16H,2-8H2,1H3/t9-/m1/s1. The number of rotatable bonds is 3. The van der Waals surface area contributed by atoms with Crippen molar-refractivity contribution in [1.29, 1.82) is 0 Å². The topological polar surface area (TPSA) is 32.3 Å². The van der Waals surface area contributed by atoms with E-state index in [4.69, 9.17) is 0 Å². The molecule has 1 atom stereocenters. The molecule has 0 unspecified atom stereocenters. The fourth-order valence-electron chi connectivity index (χ4n) is 2.96. The molecule has 1 N–H and O–H groups in total. The van der Waals surface area contributed by atoms with E-state index < -0.39 is 12.7 Å². The fourth-order valence-corrected chi connectivity index (χ4v) is 2.96. The molecular formula is C12H19F3N2O. The van der Waals surface area contributed by atoms with Gasteiger partial charge in [-0.3, -0.25) is 4.79 Å². The van der Waals surface area contributed by atoms with Gasteiger partial charge in [0.25, 0.3) is 0 Å². The van der Waals surface area contributed by atoms with Gasteiger partial charge in [-0.05, 0) is 44.7 Å². The molecule has 18 heavy (non-hydrogen) atoms. The molecule has 6 heteroatoms. The number of carbonyl (C=O) groups excluding carboxylic acids is 1. The Morgan fingerprint density at radius 3 is 2.50 bits per heavy atom. The lowest BCUT2D eigenvalue weighted by Gasteiger charge is -2.26. The monoisotopic (exact) mass is 264 g/mol. The summed E-state index contributed by atoms with van der Waals surface area (Å²) in [6, 6.07) is 0. The first kappa shape index (κ1) is 13.6. The van der Waals surface area contributed by atoms with E-state index in [2.05, 4.69) is 5.32 Å². The number of carbonyl (C=O) groups is 1. The van der Waals surface area contributed by atoms with E-state index in [1.54, 1.807) is 6.92 Å². The van der Waals surface area contributed by atoms with Crippen LogP contribution in [-0.2, 0) is 4.79 Å². The summed E-state index contributed by atoms with van der Waals surface area (Å²) in [4.78, 5) is 13.0. The number of nitrogens with zero attached hydrogens (tertiary/aromatic N) is 1. The van der Waals surface area contributed by atoms with Crippen LogP contribution in [0.1, 0.15) is 26.2 Å². The van der Waals surface area contributed by atoms with E-state index in [0.29, 0.717) is 0 Å². The van der Waals surface area contributed by atoms with Gasteiger partial charge in [0.05, 0.1) is 0 Å². The van der Waals surface area contributed by atoms with Crippen LogP contribution in [0.15, 0.2) is 0 Å². The lowest BCUT2D eigenvalue weighted by atomic mass is 9.91. The zero-order valence-corrected chi connectivity index (χ0v) is 10.5. The van der Waals surface area contributed by atoms with Gasteiger partial charge >= 0.3 is 6.18 Å². The summed E-state index contributed by atoms with van der Waals surface area (Å²) in [6.07, 6.45) is -1.72. The van der Waals surface area contributed by atoms with E-state index in [0.717, 1.165) is 37.3 Å². The average molecular weight is 264 g/mol. The average Bonchev–Trinajstić information content (AvgIpc) is 2.98. The van der Waals surface area contributed by atoms with Crippen LogP contribution in [0.3, 0.4) is 0 Å². The van der Waals surface area contributed by atoms with Crippen LogP contribution in [0.2, 0.25) is 0 Å². The summed E-state index contributed by atoms with van der Waals surface area (Å²) in [5.74, 6) is -0.487. The van der Waals surface area contributed by atoms with E-state index in [1.807, 2.05) is 0 Å². The fraction of sp³-hybridized carbons (Fsp3) is 0.917. The van der Waals surface area contributed by atoms with Gasteiger partial charge in [-0.15, -0.1) is 0 Å². The van der Waals surface area contributed by atoms with Crippen LogP contribution in [0.5, 0.6) is 0 Å². The van der Waals surface area contributed by atoms with Crippen molar-refractivity contribution in [2.24, 2.45) is 11.3 Å². The molecule has 0 radical (unpaired) electrons. The molecule has 2 rings (SSSR count). The summed E-state index contributed by atoms with van der Waals surface area (Å²) in [5.41, 5.74) is 0.00134. The Morgan fingerprint density at radius 2 is 2.00 bits per heavy atom. The number of hydrogen-bond acceptors (Lipinski definition) is 2. The molecule has 0 bridgehead atoms. The minimum Gasteiger partial charge on any atom is -0.334 e. The molecule has 104 valence electrons. The summed E-state index contributed by atoms with van der Waals surface area (Å²) >= 11 is 0. The number of alkyl halides is 3. The molecule has 1 amide bonds. The molecular weight excluding hydrogens is 245 g/mol. The third-order valence-corrected chi connectivity index (χ3v) is 4.15. The molecule has 2 fully saturated rings. The van der Waals surface area contributed by atoms with Gasteiger partial charge in [-0.1, -0.05) is 0 Å². The number of halogens is 3. The van der Waals surface area contributed by atoms with Crippen LogP contribution in [-0.4, -0.2) is 43.2 Å². The predicted octanol–water partition coefficient (Wildman–Crippen LogP) is 1.79. The van der Waals surface area contributed by atoms with E-state index in [1.165, 1.54) is 0 Å². The van der Waals surface area contributed by atoms with Crippen molar-refractivity contribution in [1.82, 2.24) is 10.2 Å². The van der Waals surface area contributed by atoms with Crippen molar-refractivity contribution in [2.45, 2.75) is 32.4 Å². The zero-order chi connectivity index (χ0) is 13.4. The Labute approximate surface area is 105 Å². The van der Waals surface area contributed by atoms with Gasteiger partial charge in [0.2, 0.25) is 5.91 Å². The van der Waals surface area contributed by atoms with Crippen LogP contribution in [0.4, 0.5) is 13.2 Å². The lowest BCUT2D eigenvalue weighted by Crippen LogP contribution is -2.41. The Hall–Kier alpha value is -0.780. The van der Waals surface area contributed by atoms with E-state index in [9.17, 15) is 18.0 Å². The van der Waals surface area contributed by atoms with Gasteiger partial charge in [-0.2, -0.15) is 13.2 Å². The second kappa shape index (κ2) is 4.72. The van der Waals surface area contributed by atoms with Crippen molar-refractivity contribution in [3.05, 3.63) is 0 Å². The third kappa shape index (κ3) is 2.79. The van der Waals surface area contributed by atoms with Crippen molar-refractivity contribution in [2.75, 3.05) is 26.2 Å². The lowest BCUT2D eigenvalue weighted by molar-refractivity contribution is -0.162. The molecule has 2 aliphatic rings. The van der Waals surface area contributed by atoms with E-state index in [-0.39, 0.29) is 23.8 Å². The van der Waals surface area contributed by atoms with Gasteiger partial charge in [-0.25, -0.2) is 0 Å². The molecule has 0 aromatic heterocycles. The molecule has 1 heterocycles. The zero-order valence-electron chi connectivity index (χ0n) is 10.5. The van der Waals surface area contributed by atoms with Gasteiger partial charge in [0, 0.05) is 12.5 Å². The number of amides is 1.